The van der Waals surface area contributed by atoms with E-state index in [0.717, 1.165) is 18.5 Å². The van der Waals surface area contributed by atoms with E-state index in [1.807, 2.05) is 5.38 Å². The zero-order chi connectivity index (χ0) is 13.8. The molecular weight excluding hydrogens is 270 g/mol. The molecule has 1 aromatic heterocycles. The third-order valence-corrected chi connectivity index (χ3v) is 3.54. The molecule has 4 N–H and O–H groups in total. The monoisotopic (exact) mass is 285 g/mol. The standard InChI is InChI=1S/C11H15N3O4S/c15-4-3-7(9(16)17)12-10(18)14-11-13-8(5-19-11)6-1-2-6/h5-7,15H,1-4H2,(H,16,17)(H2,12,13,14,18)/t7-/m0/s1. The first-order chi connectivity index (χ1) is 9.10. The molecule has 0 aliphatic heterocycles. The zero-order valence-electron chi connectivity index (χ0n) is 10.1. The van der Waals surface area contributed by atoms with Gasteiger partial charge in [0.1, 0.15) is 6.04 Å². The smallest absolute Gasteiger partial charge is 0.326 e. The number of hydrogen-bond donors (Lipinski definition) is 4. The number of urea groups is 1. The second-order valence-corrected chi connectivity index (χ2v) is 5.21. The first-order valence-electron chi connectivity index (χ1n) is 5.96. The van der Waals surface area contributed by atoms with Gasteiger partial charge in [-0.25, -0.2) is 14.6 Å². The van der Waals surface area contributed by atoms with Crippen LogP contribution in [-0.2, 0) is 4.79 Å². The van der Waals surface area contributed by atoms with E-state index in [1.165, 1.54) is 11.3 Å². The number of amides is 2. The summed E-state index contributed by atoms with van der Waals surface area (Å²) >= 11 is 1.32. The average Bonchev–Trinajstić information content (AvgIpc) is 3.10. The molecule has 0 saturated heterocycles. The highest BCUT2D eigenvalue weighted by Crippen LogP contribution is 2.40. The quantitative estimate of drug-likeness (QED) is 0.622. The second kappa shape index (κ2) is 5.98. The molecule has 1 heterocycles. The molecule has 8 heteroatoms. The van der Waals surface area contributed by atoms with Crippen LogP contribution in [0.4, 0.5) is 9.93 Å². The molecule has 0 spiro atoms. The van der Waals surface area contributed by atoms with E-state index in [1.54, 1.807) is 0 Å². The Morgan fingerprint density at radius 1 is 1.53 bits per heavy atom. The maximum absolute atomic E-state index is 11.6. The van der Waals surface area contributed by atoms with Gasteiger partial charge < -0.3 is 15.5 Å². The molecule has 1 aromatic rings. The minimum Gasteiger partial charge on any atom is -0.480 e. The Balaban J connectivity index is 1.86. The molecule has 1 saturated carbocycles. The van der Waals surface area contributed by atoms with Crippen molar-refractivity contribution in [2.75, 3.05) is 11.9 Å². The largest absolute Gasteiger partial charge is 0.480 e. The molecule has 0 aromatic carbocycles. The van der Waals surface area contributed by atoms with Crippen LogP contribution in [0, 0.1) is 0 Å². The fraction of sp³-hybridized carbons (Fsp3) is 0.545. The van der Waals surface area contributed by atoms with E-state index in [9.17, 15) is 9.59 Å². The lowest BCUT2D eigenvalue weighted by Gasteiger charge is -2.12. The van der Waals surface area contributed by atoms with Gasteiger partial charge in [0.2, 0.25) is 0 Å². The number of hydrogen-bond acceptors (Lipinski definition) is 5. The number of aliphatic carboxylic acids is 1. The molecule has 19 heavy (non-hydrogen) atoms. The summed E-state index contributed by atoms with van der Waals surface area (Å²) in [4.78, 5) is 26.7. The minimum absolute atomic E-state index is 0.0338. The van der Waals surface area contributed by atoms with Crippen LogP contribution in [0.3, 0.4) is 0 Å². The molecule has 1 aliphatic carbocycles. The van der Waals surface area contributed by atoms with Gasteiger partial charge >= 0.3 is 12.0 Å². The van der Waals surface area contributed by atoms with E-state index >= 15 is 0 Å². The summed E-state index contributed by atoms with van der Waals surface area (Å²) in [6.07, 6.45) is 2.23. The van der Waals surface area contributed by atoms with Gasteiger partial charge in [-0.05, 0) is 12.8 Å². The van der Waals surface area contributed by atoms with Crippen molar-refractivity contribution in [2.24, 2.45) is 0 Å². The van der Waals surface area contributed by atoms with Crippen molar-refractivity contribution >= 4 is 28.5 Å². The Morgan fingerprint density at radius 2 is 2.26 bits per heavy atom. The summed E-state index contributed by atoms with van der Waals surface area (Å²) in [5.41, 5.74) is 0.977. The van der Waals surface area contributed by atoms with Crippen LogP contribution < -0.4 is 10.6 Å². The fourth-order valence-corrected chi connectivity index (χ4v) is 2.38. The van der Waals surface area contributed by atoms with Crippen molar-refractivity contribution in [3.05, 3.63) is 11.1 Å². The number of aliphatic hydroxyl groups excluding tert-OH is 1. The van der Waals surface area contributed by atoms with Gasteiger partial charge in [-0.2, -0.15) is 0 Å². The number of nitrogens with one attached hydrogen (secondary N) is 2. The molecule has 0 radical (unpaired) electrons. The van der Waals surface area contributed by atoms with Gasteiger partial charge in [-0.15, -0.1) is 11.3 Å². The molecule has 104 valence electrons. The number of anilines is 1. The highest BCUT2D eigenvalue weighted by Gasteiger charge is 2.26. The first kappa shape index (κ1) is 13.8. The second-order valence-electron chi connectivity index (χ2n) is 4.35. The number of carbonyl (C=O) groups excluding carboxylic acids is 1. The lowest BCUT2D eigenvalue weighted by Crippen LogP contribution is -2.43. The summed E-state index contributed by atoms with van der Waals surface area (Å²) < 4.78 is 0. The summed E-state index contributed by atoms with van der Waals surface area (Å²) in [5, 5.41) is 24.7. The summed E-state index contributed by atoms with van der Waals surface area (Å²) in [5.74, 6) is -0.668. The maximum Gasteiger partial charge on any atom is 0.326 e. The van der Waals surface area contributed by atoms with E-state index in [0.29, 0.717) is 11.0 Å². The Labute approximate surface area is 113 Å². The summed E-state index contributed by atoms with van der Waals surface area (Å²) in [7, 11) is 0. The molecule has 1 aliphatic rings. The number of nitrogens with zero attached hydrogens (tertiary/aromatic N) is 1. The molecule has 7 nitrogen and oxygen atoms in total. The van der Waals surface area contributed by atoms with Crippen LogP contribution in [0.1, 0.15) is 30.9 Å². The van der Waals surface area contributed by atoms with Crippen molar-refractivity contribution < 1.29 is 19.8 Å². The molecule has 0 unspecified atom stereocenters. The Kier molecular flexibility index (Phi) is 4.33. The lowest BCUT2D eigenvalue weighted by atomic mass is 10.2. The van der Waals surface area contributed by atoms with Crippen LogP contribution >= 0.6 is 11.3 Å². The zero-order valence-corrected chi connectivity index (χ0v) is 10.9. The van der Waals surface area contributed by atoms with E-state index in [-0.39, 0.29) is 13.0 Å². The average molecular weight is 285 g/mol. The van der Waals surface area contributed by atoms with Crippen molar-refractivity contribution in [1.82, 2.24) is 10.3 Å². The molecule has 1 atom stereocenters. The number of rotatable bonds is 6. The molecule has 2 rings (SSSR count). The van der Waals surface area contributed by atoms with Crippen LogP contribution in [0.5, 0.6) is 0 Å². The van der Waals surface area contributed by atoms with Crippen molar-refractivity contribution in [1.29, 1.82) is 0 Å². The van der Waals surface area contributed by atoms with Gasteiger partial charge in [0.05, 0.1) is 5.69 Å². The topological polar surface area (TPSA) is 112 Å². The van der Waals surface area contributed by atoms with Crippen LogP contribution in [0.2, 0.25) is 0 Å². The van der Waals surface area contributed by atoms with E-state index in [4.69, 9.17) is 10.2 Å². The summed E-state index contributed by atoms with van der Waals surface area (Å²) in [6, 6.07) is -1.73. The van der Waals surface area contributed by atoms with Crippen molar-refractivity contribution in [3.8, 4) is 0 Å². The number of carboxylic acid groups (broad SMARTS) is 1. The van der Waals surface area contributed by atoms with Crippen LogP contribution in [0.15, 0.2) is 5.38 Å². The van der Waals surface area contributed by atoms with E-state index < -0.39 is 18.0 Å². The summed E-state index contributed by atoms with van der Waals surface area (Å²) in [6.45, 7) is -0.305. The number of thiazole rings is 1. The predicted octanol–water partition coefficient (Wildman–Crippen LogP) is 0.978. The van der Waals surface area contributed by atoms with Crippen molar-refractivity contribution in [2.45, 2.75) is 31.2 Å². The van der Waals surface area contributed by atoms with Gasteiger partial charge in [-0.1, -0.05) is 0 Å². The molecular formula is C11H15N3O4S. The maximum atomic E-state index is 11.6. The molecule has 2 amide bonds. The SMILES string of the molecule is O=C(Nc1nc(C2CC2)cs1)N[C@@H](CCO)C(=O)O. The van der Waals surface area contributed by atoms with Crippen LogP contribution in [-0.4, -0.2) is 39.8 Å². The Morgan fingerprint density at radius 3 is 2.84 bits per heavy atom. The predicted molar refractivity (Wildman–Crippen MR) is 69.4 cm³/mol. The minimum atomic E-state index is -1.18. The number of aromatic nitrogens is 1. The van der Waals surface area contributed by atoms with Gasteiger partial charge in [0.15, 0.2) is 5.13 Å². The van der Waals surface area contributed by atoms with E-state index in [2.05, 4.69) is 15.6 Å². The van der Waals surface area contributed by atoms with Gasteiger partial charge in [0.25, 0.3) is 0 Å². The van der Waals surface area contributed by atoms with Gasteiger partial charge in [-0.3, -0.25) is 5.32 Å². The van der Waals surface area contributed by atoms with Crippen LogP contribution in [0.25, 0.3) is 0 Å². The molecule has 1 fully saturated rings. The third kappa shape index (κ3) is 3.90. The number of carboxylic acids is 1. The highest BCUT2D eigenvalue weighted by atomic mass is 32.1. The first-order valence-corrected chi connectivity index (χ1v) is 6.84. The Hall–Kier alpha value is -1.67. The Bertz CT molecular complexity index is 472. The highest BCUT2D eigenvalue weighted by molar-refractivity contribution is 7.13. The lowest BCUT2D eigenvalue weighted by molar-refractivity contribution is -0.139. The van der Waals surface area contributed by atoms with Crippen molar-refractivity contribution in [3.63, 3.8) is 0 Å². The van der Waals surface area contributed by atoms with Gasteiger partial charge in [0, 0.05) is 24.3 Å². The number of aliphatic hydroxyl groups is 1. The normalized spacial score (nSPS) is 15.8. The third-order valence-electron chi connectivity index (χ3n) is 2.76. The molecule has 0 bridgehead atoms. The number of carbonyl (C=O) groups is 2. The fourth-order valence-electron chi connectivity index (χ4n) is 1.59.